The largest absolute Gasteiger partial charge is 0.454 e. The van der Waals surface area contributed by atoms with Crippen molar-refractivity contribution in [1.82, 2.24) is 0 Å². The Labute approximate surface area is 154 Å². The lowest BCUT2D eigenvalue weighted by molar-refractivity contribution is -0.117. The van der Waals surface area contributed by atoms with Crippen molar-refractivity contribution in [3.8, 4) is 0 Å². The molecule has 6 nitrogen and oxygen atoms in total. The average Bonchev–Trinajstić information content (AvgIpc) is 3.16. The Hall–Kier alpha value is -3.22. The Bertz CT molecular complexity index is 943. The molecule has 1 N–H and O–H groups in total. The van der Waals surface area contributed by atoms with Crippen LogP contribution in [0.25, 0.3) is 0 Å². The van der Waals surface area contributed by atoms with Crippen LogP contribution in [0.4, 0.5) is 15.8 Å². The van der Waals surface area contributed by atoms with Gasteiger partial charge in [-0.15, -0.1) is 0 Å². The molecule has 1 saturated heterocycles. The third kappa shape index (κ3) is 3.28. The maximum Gasteiger partial charge on any atom is 0.338 e. The van der Waals surface area contributed by atoms with Crippen LogP contribution in [0, 0.1) is 5.82 Å². The van der Waals surface area contributed by atoms with Crippen molar-refractivity contribution in [2.24, 2.45) is 0 Å². The number of hydrogen-bond acceptors (Lipinski definition) is 5. The second kappa shape index (κ2) is 6.83. The maximum atomic E-state index is 13.2. The topological polar surface area (TPSA) is 75.7 Å². The summed E-state index contributed by atoms with van der Waals surface area (Å²) in [5, 5.41) is 2.83. The van der Waals surface area contributed by atoms with E-state index in [2.05, 4.69) is 5.32 Å². The van der Waals surface area contributed by atoms with Crippen LogP contribution >= 0.6 is 0 Å². The molecule has 1 atom stereocenters. The van der Waals surface area contributed by atoms with Gasteiger partial charge < -0.3 is 15.0 Å². The number of ether oxygens (including phenoxy) is 1. The van der Waals surface area contributed by atoms with Crippen LogP contribution in [-0.4, -0.2) is 36.9 Å². The van der Waals surface area contributed by atoms with E-state index in [9.17, 15) is 18.8 Å². The second-order valence-corrected chi connectivity index (χ2v) is 6.58. The molecule has 27 heavy (non-hydrogen) atoms. The summed E-state index contributed by atoms with van der Waals surface area (Å²) in [6.45, 7) is 0.316. The van der Waals surface area contributed by atoms with Crippen molar-refractivity contribution in [2.45, 2.75) is 18.9 Å². The third-order valence-electron chi connectivity index (χ3n) is 4.84. The van der Waals surface area contributed by atoms with E-state index < -0.39 is 24.2 Å². The summed E-state index contributed by atoms with van der Waals surface area (Å²) in [6, 6.07) is 9.99. The lowest BCUT2D eigenvalue weighted by Crippen LogP contribution is -2.43. The summed E-state index contributed by atoms with van der Waals surface area (Å²) in [7, 11) is 0. The number of carbonyl (C=O) groups is 3. The minimum atomic E-state index is -0.680. The molecule has 4 rings (SSSR count). The predicted molar refractivity (Wildman–Crippen MR) is 96.5 cm³/mol. The highest BCUT2D eigenvalue weighted by molar-refractivity contribution is 6.06. The summed E-state index contributed by atoms with van der Waals surface area (Å²) >= 11 is 0. The fraction of sp³-hybridized carbons (Fsp3) is 0.250. The molecule has 0 aliphatic carbocycles. The predicted octanol–water partition coefficient (Wildman–Crippen LogP) is 2.79. The first-order valence-electron chi connectivity index (χ1n) is 8.70. The van der Waals surface area contributed by atoms with Gasteiger partial charge in [0.1, 0.15) is 11.9 Å². The van der Waals surface area contributed by atoms with Gasteiger partial charge in [-0.1, -0.05) is 12.1 Å². The van der Waals surface area contributed by atoms with Gasteiger partial charge in [0, 0.05) is 12.1 Å². The molecule has 138 valence electrons. The second-order valence-electron chi connectivity index (χ2n) is 6.58. The Morgan fingerprint density at radius 2 is 2.04 bits per heavy atom. The van der Waals surface area contributed by atoms with Crippen molar-refractivity contribution in [2.75, 3.05) is 23.4 Å². The number of nitrogens with one attached hydrogen (secondary N) is 1. The molecule has 0 aromatic heterocycles. The van der Waals surface area contributed by atoms with Gasteiger partial charge in [0.25, 0.3) is 0 Å². The number of Topliss-reactive ketones (excluding diaryl/α,β-unsaturated/α-hetero) is 1. The van der Waals surface area contributed by atoms with Crippen molar-refractivity contribution >= 4 is 29.0 Å². The number of anilines is 2. The number of nitrogens with zero attached hydrogens (tertiary/aromatic N) is 1. The first-order valence-corrected chi connectivity index (χ1v) is 8.70. The number of hydrogen-bond donors (Lipinski definition) is 1. The summed E-state index contributed by atoms with van der Waals surface area (Å²) in [5.41, 5.74) is 1.81. The zero-order chi connectivity index (χ0) is 19.0. The molecule has 1 amide bonds. The molecule has 7 heteroatoms. The van der Waals surface area contributed by atoms with Gasteiger partial charge >= 0.3 is 5.97 Å². The summed E-state index contributed by atoms with van der Waals surface area (Å²) in [6.07, 6.45) is 1.76. The quantitative estimate of drug-likeness (QED) is 0.663. The van der Waals surface area contributed by atoms with E-state index in [1.54, 1.807) is 18.2 Å². The standard InChI is InChI=1S/C20H17FN2O4/c21-14-4-1-3-12(9-14)18(24)11-27-20(26)13-6-7-16-15(10-13)22-19(25)17-5-2-8-23(16)17/h1,3-4,6-7,9-10,17H,2,5,8,11H2,(H,22,25)/t17-/m0/s1. The summed E-state index contributed by atoms with van der Waals surface area (Å²) in [5.74, 6) is -1.78. The Balaban J connectivity index is 1.46. The lowest BCUT2D eigenvalue weighted by atomic mass is 10.1. The highest BCUT2D eigenvalue weighted by atomic mass is 19.1. The molecule has 0 bridgehead atoms. The van der Waals surface area contributed by atoms with Crippen LogP contribution < -0.4 is 10.2 Å². The average molecular weight is 368 g/mol. The molecular formula is C20H17FN2O4. The molecule has 1 fully saturated rings. The number of carbonyl (C=O) groups excluding carboxylic acids is 3. The van der Waals surface area contributed by atoms with Crippen molar-refractivity contribution in [3.05, 3.63) is 59.4 Å². The zero-order valence-electron chi connectivity index (χ0n) is 14.4. The number of fused-ring (bicyclic) bond motifs is 3. The van der Waals surface area contributed by atoms with Crippen molar-refractivity contribution in [1.29, 1.82) is 0 Å². The fourth-order valence-corrected chi connectivity index (χ4v) is 3.52. The number of benzene rings is 2. The smallest absolute Gasteiger partial charge is 0.338 e. The molecule has 2 aliphatic rings. The normalized spacial score (nSPS) is 17.7. The van der Waals surface area contributed by atoms with E-state index in [1.165, 1.54) is 18.2 Å². The van der Waals surface area contributed by atoms with E-state index >= 15 is 0 Å². The molecule has 2 aromatic rings. The van der Waals surface area contributed by atoms with E-state index in [0.717, 1.165) is 31.1 Å². The monoisotopic (exact) mass is 368 g/mol. The van der Waals surface area contributed by atoms with E-state index in [1.807, 2.05) is 4.90 Å². The third-order valence-corrected chi connectivity index (χ3v) is 4.84. The number of rotatable bonds is 4. The van der Waals surface area contributed by atoms with Gasteiger partial charge in [0.2, 0.25) is 5.91 Å². The minimum Gasteiger partial charge on any atom is -0.454 e. The van der Waals surface area contributed by atoms with Gasteiger partial charge in [-0.25, -0.2) is 9.18 Å². The Morgan fingerprint density at radius 1 is 1.19 bits per heavy atom. The Kier molecular flexibility index (Phi) is 4.35. The van der Waals surface area contributed by atoms with Crippen LogP contribution in [-0.2, 0) is 9.53 Å². The highest BCUT2D eigenvalue weighted by Gasteiger charge is 2.36. The lowest BCUT2D eigenvalue weighted by Gasteiger charge is -2.33. The molecule has 2 aliphatic heterocycles. The first kappa shape index (κ1) is 17.2. The van der Waals surface area contributed by atoms with Gasteiger partial charge in [0.05, 0.1) is 16.9 Å². The van der Waals surface area contributed by atoms with Crippen LogP contribution in [0.2, 0.25) is 0 Å². The Morgan fingerprint density at radius 3 is 2.85 bits per heavy atom. The van der Waals surface area contributed by atoms with Gasteiger partial charge in [-0.2, -0.15) is 0 Å². The molecule has 0 spiro atoms. The van der Waals surface area contributed by atoms with Crippen LogP contribution in [0.3, 0.4) is 0 Å². The maximum absolute atomic E-state index is 13.2. The van der Waals surface area contributed by atoms with Gasteiger partial charge in [0.15, 0.2) is 12.4 Å². The van der Waals surface area contributed by atoms with Crippen LogP contribution in [0.1, 0.15) is 33.6 Å². The molecule has 2 aromatic carbocycles. The highest BCUT2D eigenvalue weighted by Crippen LogP contribution is 2.37. The molecular weight excluding hydrogens is 351 g/mol. The van der Waals surface area contributed by atoms with E-state index in [0.29, 0.717) is 5.69 Å². The summed E-state index contributed by atoms with van der Waals surface area (Å²) < 4.78 is 18.2. The number of ketones is 1. The minimum absolute atomic E-state index is 0.0770. The number of halogens is 1. The number of amides is 1. The summed E-state index contributed by atoms with van der Waals surface area (Å²) in [4.78, 5) is 38.5. The molecule has 0 saturated carbocycles. The first-order chi connectivity index (χ1) is 13.0. The molecule has 0 unspecified atom stereocenters. The van der Waals surface area contributed by atoms with Crippen molar-refractivity contribution in [3.63, 3.8) is 0 Å². The zero-order valence-corrected chi connectivity index (χ0v) is 14.4. The number of esters is 1. The molecule has 0 radical (unpaired) electrons. The van der Waals surface area contributed by atoms with Gasteiger partial charge in [-0.3, -0.25) is 9.59 Å². The van der Waals surface area contributed by atoms with Crippen LogP contribution in [0.5, 0.6) is 0 Å². The molecule has 2 heterocycles. The van der Waals surface area contributed by atoms with Gasteiger partial charge in [-0.05, 0) is 43.2 Å². The van der Waals surface area contributed by atoms with Crippen LogP contribution in [0.15, 0.2) is 42.5 Å². The van der Waals surface area contributed by atoms with E-state index in [-0.39, 0.29) is 23.1 Å². The van der Waals surface area contributed by atoms with E-state index in [4.69, 9.17) is 4.74 Å². The SMILES string of the molecule is O=C(COC(=O)c1ccc2c(c1)NC(=O)[C@@H]1CCCN21)c1cccc(F)c1. The fourth-order valence-electron chi connectivity index (χ4n) is 3.52. The van der Waals surface area contributed by atoms with Crippen molar-refractivity contribution < 1.29 is 23.5 Å².